The van der Waals surface area contributed by atoms with Crippen LogP contribution in [0, 0.1) is 11.3 Å². The fourth-order valence-electron chi connectivity index (χ4n) is 2.46. The normalized spacial score (nSPS) is 10.5. The number of fused-ring (bicyclic) bond motifs is 1. The Labute approximate surface area is 139 Å². The van der Waals surface area contributed by atoms with Crippen molar-refractivity contribution in [2.45, 2.75) is 13.5 Å². The highest BCUT2D eigenvalue weighted by atomic mass is 16.5. The minimum Gasteiger partial charge on any atom is -0.497 e. The Morgan fingerprint density at radius 2 is 2.08 bits per heavy atom. The first kappa shape index (κ1) is 15.6. The highest BCUT2D eigenvalue weighted by Crippen LogP contribution is 2.22. The lowest BCUT2D eigenvalue weighted by molar-refractivity contribution is 0.414. The zero-order valence-corrected chi connectivity index (χ0v) is 13.5. The SMILES string of the molecule is CCN(Cc1ccc(OC)cc1)c1nc(N)nn2c(C#N)cnc12. The summed E-state index contributed by atoms with van der Waals surface area (Å²) in [6, 6.07) is 9.86. The van der Waals surface area contributed by atoms with Gasteiger partial charge in [-0.3, -0.25) is 0 Å². The Kier molecular flexibility index (Phi) is 4.16. The number of nitrogens with two attached hydrogens (primary N) is 1. The molecule has 3 aromatic rings. The summed E-state index contributed by atoms with van der Waals surface area (Å²) in [6.07, 6.45) is 1.47. The second-order valence-corrected chi connectivity index (χ2v) is 5.15. The third kappa shape index (κ3) is 2.79. The number of anilines is 2. The monoisotopic (exact) mass is 323 g/mol. The van der Waals surface area contributed by atoms with Crippen LogP contribution < -0.4 is 15.4 Å². The van der Waals surface area contributed by atoms with Gasteiger partial charge in [0.05, 0.1) is 13.3 Å². The smallest absolute Gasteiger partial charge is 0.240 e. The van der Waals surface area contributed by atoms with Gasteiger partial charge in [-0.15, -0.1) is 5.10 Å². The Balaban J connectivity index is 1.99. The molecule has 0 spiro atoms. The Morgan fingerprint density at radius 1 is 1.33 bits per heavy atom. The molecule has 0 bridgehead atoms. The van der Waals surface area contributed by atoms with Crippen molar-refractivity contribution in [3.63, 3.8) is 0 Å². The zero-order chi connectivity index (χ0) is 17.1. The van der Waals surface area contributed by atoms with Crippen molar-refractivity contribution in [2.75, 3.05) is 24.3 Å². The summed E-state index contributed by atoms with van der Waals surface area (Å²) in [5.41, 5.74) is 7.74. The standard InChI is InChI=1S/C16H17N7O/c1-3-22(10-11-4-6-13(24-2)7-5-11)15-14-19-9-12(8-17)23(14)21-16(18)20-15/h4-7,9H,3,10H2,1-2H3,(H2,18,21). The predicted molar refractivity (Wildman–Crippen MR) is 89.6 cm³/mol. The molecule has 2 aromatic heterocycles. The van der Waals surface area contributed by atoms with Gasteiger partial charge in [-0.2, -0.15) is 14.8 Å². The summed E-state index contributed by atoms with van der Waals surface area (Å²) in [7, 11) is 1.64. The van der Waals surface area contributed by atoms with Gasteiger partial charge in [0, 0.05) is 13.1 Å². The number of ether oxygens (including phenoxy) is 1. The molecule has 1 aromatic carbocycles. The molecule has 8 heteroatoms. The Bertz CT molecular complexity index is 895. The molecule has 0 unspecified atom stereocenters. The minimum atomic E-state index is 0.0974. The summed E-state index contributed by atoms with van der Waals surface area (Å²) < 4.78 is 6.60. The van der Waals surface area contributed by atoms with E-state index in [4.69, 9.17) is 15.7 Å². The van der Waals surface area contributed by atoms with Crippen LogP contribution in [0.5, 0.6) is 5.75 Å². The molecule has 3 rings (SSSR count). The van der Waals surface area contributed by atoms with E-state index in [0.29, 0.717) is 30.2 Å². The van der Waals surface area contributed by atoms with Crippen molar-refractivity contribution in [3.05, 3.63) is 41.7 Å². The van der Waals surface area contributed by atoms with E-state index in [9.17, 15) is 0 Å². The van der Waals surface area contributed by atoms with E-state index >= 15 is 0 Å². The third-order valence-corrected chi connectivity index (χ3v) is 3.69. The summed E-state index contributed by atoms with van der Waals surface area (Å²) in [6.45, 7) is 3.35. The molecule has 24 heavy (non-hydrogen) atoms. The Morgan fingerprint density at radius 3 is 2.71 bits per heavy atom. The van der Waals surface area contributed by atoms with Crippen LogP contribution in [0.4, 0.5) is 11.8 Å². The number of nitrogens with zero attached hydrogens (tertiary/aromatic N) is 6. The van der Waals surface area contributed by atoms with Crippen LogP contribution in [0.2, 0.25) is 0 Å². The van der Waals surface area contributed by atoms with Gasteiger partial charge in [0.2, 0.25) is 5.95 Å². The molecule has 0 fully saturated rings. The highest BCUT2D eigenvalue weighted by Gasteiger charge is 2.17. The Hall–Kier alpha value is -3.34. The van der Waals surface area contributed by atoms with Crippen LogP contribution >= 0.6 is 0 Å². The van der Waals surface area contributed by atoms with Crippen molar-refractivity contribution in [2.24, 2.45) is 0 Å². The molecule has 0 aliphatic heterocycles. The lowest BCUT2D eigenvalue weighted by Gasteiger charge is -2.22. The number of methoxy groups -OCH3 is 1. The number of nitrogen functional groups attached to an aromatic ring is 1. The maximum atomic E-state index is 9.15. The first-order valence-corrected chi connectivity index (χ1v) is 7.45. The molecule has 8 nitrogen and oxygen atoms in total. The summed E-state index contributed by atoms with van der Waals surface area (Å²) in [5, 5.41) is 13.2. The van der Waals surface area contributed by atoms with Crippen LogP contribution in [0.25, 0.3) is 5.65 Å². The lowest BCUT2D eigenvalue weighted by atomic mass is 10.2. The van der Waals surface area contributed by atoms with E-state index < -0.39 is 0 Å². The van der Waals surface area contributed by atoms with Crippen molar-refractivity contribution in [1.82, 2.24) is 19.6 Å². The molecule has 0 atom stereocenters. The lowest BCUT2D eigenvalue weighted by Crippen LogP contribution is -2.25. The number of imidazole rings is 1. The number of aromatic nitrogens is 4. The van der Waals surface area contributed by atoms with Crippen LogP contribution in [0.1, 0.15) is 18.2 Å². The van der Waals surface area contributed by atoms with Gasteiger partial charge < -0.3 is 15.4 Å². The van der Waals surface area contributed by atoms with E-state index in [0.717, 1.165) is 11.3 Å². The number of rotatable bonds is 5. The van der Waals surface area contributed by atoms with Crippen molar-refractivity contribution in [1.29, 1.82) is 5.26 Å². The first-order valence-electron chi connectivity index (χ1n) is 7.45. The van der Waals surface area contributed by atoms with E-state index in [1.54, 1.807) is 7.11 Å². The molecule has 0 radical (unpaired) electrons. The molecule has 0 saturated carbocycles. The van der Waals surface area contributed by atoms with Crippen molar-refractivity contribution < 1.29 is 4.74 Å². The van der Waals surface area contributed by atoms with Crippen LogP contribution in [0.15, 0.2) is 30.5 Å². The fraction of sp³-hybridized carbons (Fsp3) is 0.250. The minimum absolute atomic E-state index is 0.0974. The van der Waals surface area contributed by atoms with E-state index in [-0.39, 0.29) is 5.95 Å². The molecular weight excluding hydrogens is 306 g/mol. The maximum Gasteiger partial charge on any atom is 0.240 e. The van der Waals surface area contributed by atoms with E-state index in [1.165, 1.54) is 10.7 Å². The van der Waals surface area contributed by atoms with Gasteiger partial charge in [0.1, 0.15) is 11.8 Å². The van der Waals surface area contributed by atoms with Crippen LogP contribution in [-0.4, -0.2) is 33.2 Å². The van der Waals surface area contributed by atoms with Gasteiger partial charge in [0.15, 0.2) is 17.2 Å². The molecule has 2 N–H and O–H groups in total. The average molecular weight is 323 g/mol. The molecule has 122 valence electrons. The summed E-state index contributed by atoms with van der Waals surface area (Å²) >= 11 is 0. The average Bonchev–Trinajstić information content (AvgIpc) is 3.02. The van der Waals surface area contributed by atoms with Crippen molar-refractivity contribution in [3.8, 4) is 11.8 Å². The van der Waals surface area contributed by atoms with Gasteiger partial charge in [-0.1, -0.05) is 12.1 Å². The number of hydrogen-bond donors (Lipinski definition) is 1. The number of hydrogen-bond acceptors (Lipinski definition) is 7. The molecule has 0 amide bonds. The van der Waals surface area contributed by atoms with E-state index in [2.05, 4.69) is 15.1 Å². The number of nitriles is 1. The molecule has 0 saturated heterocycles. The first-order chi connectivity index (χ1) is 11.7. The van der Waals surface area contributed by atoms with Gasteiger partial charge in [0.25, 0.3) is 0 Å². The van der Waals surface area contributed by atoms with Gasteiger partial charge >= 0.3 is 0 Å². The number of benzene rings is 1. The van der Waals surface area contributed by atoms with Crippen LogP contribution in [-0.2, 0) is 6.54 Å². The van der Waals surface area contributed by atoms with Gasteiger partial charge in [-0.25, -0.2) is 4.98 Å². The second kappa shape index (κ2) is 6.42. The molecule has 2 heterocycles. The van der Waals surface area contributed by atoms with Gasteiger partial charge in [-0.05, 0) is 24.6 Å². The predicted octanol–water partition coefficient (Wildman–Crippen LogP) is 1.61. The third-order valence-electron chi connectivity index (χ3n) is 3.69. The maximum absolute atomic E-state index is 9.15. The molecule has 0 aliphatic carbocycles. The topological polar surface area (TPSA) is 105 Å². The summed E-state index contributed by atoms with van der Waals surface area (Å²) in [4.78, 5) is 10.6. The molecular formula is C16H17N7O. The van der Waals surface area contributed by atoms with Crippen LogP contribution in [0.3, 0.4) is 0 Å². The zero-order valence-electron chi connectivity index (χ0n) is 13.5. The highest BCUT2D eigenvalue weighted by molar-refractivity contribution is 5.66. The van der Waals surface area contributed by atoms with Crippen molar-refractivity contribution >= 4 is 17.4 Å². The summed E-state index contributed by atoms with van der Waals surface area (Å²) in [5.74, 6) is 1.50. The second-order valence-electron chi connectivity index (χ2n) is 5.15. The molecule has 0 aliphatic rings. The van der Waals surface area contributed by atoms with E-state index in [1.807, 2.05) is 42.2 Å². The fourth-order valence-corrected chi connectivity index (χ4v) is 2.46. The largest absolute Gasteiger partial charge is 0.497 e. The quantitative estimate of drug-likeness (QED) is 0.760.